The zero-order valence-electron chi connectivity index (χ0n) is 6.46. The van der Waals surface area contributed by atoms with Crippen molar-refractivity contribution in [2.24, 2.45) is 0 Å². The van der Waals surface area contributed by atoms with Crippen molar-refractivity contribution in [2.45, 2.75) is 0 Å². The molecule has 2 heterocycles. The van der Waals surface area contributed by atoms with Gasteiger partial charge in [0.05, 0.1) is 5.69 Å². The van der Waals surface area contributed by atoms with Crippen LogP contribution in [0.4, 0.5) is 8.78 Å². The fourth-order valence-electron chi connectivity index (χ4n) is 0.996. The maximum atomic E-state index is 13.1. The van der Waals surface area contributed by atoms with Gasteiger partial charge in [0.25, 0.3) is 0 Å². The highest BCUT2D eigenvalue weighted by Gasteiger charge is 2.11. The Hall–Kier alpha value is -1.78. The second-order valence-electron chi connectivity index (χ2n) is 2.43. The number of aromatic nitrogens is 3. The molecular formula is C8H5F2N3. The maximum Gasteiger partial charge on any atom is 0.186 e. The number of hydrogen-bond acceptors (Lipinski definition) is 2. The van der Waals surface area contributed by atoms with Crippen molar-refractivity contribution < 1.29 is 8.78 Å². The molecule has 0 aliphatic rings. The van der Waals surface area contributed by atoms with Crippen LogP contribution >= 0.6 is 0 Å². The number of pyridine rings is 1. The number of nitrogens with zero attached hydrogens (tertiary/aromatic N) is 2. The first kappa shape index (κ1) is 7.85. The van der Waals surface area contributed by atoms with E-state index < -0.39 is 11.6 Å². The third-order valence-electron chi connectivity index (χ3n) is 1.60. The first-order valence-corrected chi connectivity index (χ1v) is 3.59. The lowest BCUT2D eigenvalue weighted by Crippen LogP contribution is -1.92. The highest BCUT2D eigenvalue weighted by Crippen LogP contribution is 2.18. The van der Waals surface area contributed by atoms with E-state index >= 15 is 0 Å². The Kier molecular flexibility index (Phi) is 1.77. The summed E-state index contributed by atoms with van der Waals surface area (Å²) in [6.45, 7) is 0. The Balaban J connectivity index is 2.59. The van der Waals surface area contributed by atoms with E-state index in [0.29, 0.717) is 5.69 Å². The summed E-state index contributed by atoms with van der Waals surface area (Å²) in [6, 6.07) is 2.49. The van der Waals surface area contributed by atoms with Gasteiger partial charge in [-0.05, 0) is 12.1 Å². The van der Waals surface area contributed by atoms with E-state index in [1.807, 2.05) is 0 Å². The third kappa shape index (κ3) is 1.28. The van der Waals surface area contributed by atoms with Gasteiger partial charge in [-0.1, -0.05) is 0 Å². The minimum absolute atomic E-state index is 0.0579. The molecule has 5 heteroatoms. The SMILES string of the molecule is Fc1ccnc(-c2ccn[nH]2)c1F. The first-order valence-electron chi connectivity index (χ1n) is 3.59. The Labute approximate surface area is 72.4 Å². The minimum atomic E-state index is -0.966. The van der Waals surface area contributed by atoms with Gasteiger partial charge < -0.3 is 0 Å². The molecule has 13 heavy (non-hydrogen) atoms. The van der Waals surface area contributed by atoms with E-state index in [1.54, 1.807) is 0 Å². The average molecular weight is 181 g/mol. The van der Waals surface area contributed by atoms with Crippen LogP contribution < -0.4 is 0 Å². The lowest BCUT2D eigenvalue weighted by atomic mass is 10.2. The van der Waals surface area contributed by atoms with Crippen molar-refractivity contribution >= 4 is 0 Å². The lowest BCUT2D eigenvalue weighted by molar-refractivity contribution is 0.506. The second kappa shape index (κ2) is 2.93. The summed E-state index contributed by atoms with van der Waals surface area (Å²) in [7, 11) is 0. The van der Waals surface area contributed by atoms with E-state index in [9.17, 15) is 8.78 Å². The molecule has 2 aromatic heterocycles. The number of rotatable bonds is 1. The predicted molar refractivity (Wildman–Crippen MR) is 41.7 cm³/mol. The monoisotopic (exact) mass is 181 g/mol. The van der Waals surface area contributed by atoms with Crippen LogP contribution in [-0.4, -0.2) is 15.2 Å². The van der Waals surface area contributed by atoms with Crippen molar-refractivity contribution in [2.75, 3.05) is 0 Å². The van der Waals surface area contributed by atoms with Crippen molar-refractivity contribution in [3.63, 3.8) is 0 Å². The molecule has 66 valence electrons. The van der Waals surface area contributed by atoms with Gasteiger partial charge in [0.1, 0.15) is 5.69 Å². The first-order chi connectivity index (χ1) is 6.29. The molecule has 0 fully saturated rings. The van der Waals surface area contributed by atoms with E-state index in [1.165, 1.54) is 18.5 Å². The van der Waals surface area contributed by atoms with Crippen LogP contribution in [0, 0.1) is 11.6 Å². The largest absolute Gasteiger partial charge is 0.276 e. The van der Waals surface area contributed by atoms with Crippen LogP contribution in [0.15, 0.2) is 24.5 Å². The molecule has 2 rings (SSSR count). The summed E-state index contributed by atoms with van der Waals surface area (Å²) < 4.78 is 25.8. The number of nitrogens with one attached hydrogen (secondary N) is 1. The molecule has 0 unspecified atom stereocenters. The highest BCUT2D eigenvalue weighted by atomic mass is 19.2. The normalized spacial score (nSPS) is 10.3. The van der Waals surface area contributed by atoms with Gasteiger partial charge in [0.2, 0.25) is 0 Å². The second-order valence-corrected chi connectivity index (χ2v) is 2.43. The highest BCUT2D eigenvalue weighted by molar-refractivity contribution is 5.53. The molecule has 0 spiro atoms. The van der Waals surface area contributed by atoms with Gasteiger partial charge in [-0.15, -0.1) is 0 Å². The minimum Gasteiger partial charge on any atom is -0.276 e. The molecular weight excluding hydrogens is 176 g/mol. The fraction of sp³-hybridized carbons (Fsp3) is 0. The molecule has 0 amide bonds. The van der Waals surface area contributed by atoms with Gasteiger partial charge in [-0.3, -0.25) is 10.1 Å². The summed E-state index contributed by atoms with van der Waals surface area (Å²) in [6.07, 6.45) is 2.65. The van der Waals surface area contributed by atoms with E-state index in [4.69, 9.17) is 0 Å². The van der Waals surface area contributed by atoms with Crippen LogP contribution in [0.5, 0.6) is 0 Å². The summed E-state index contributed by atoms with van der Waals surface area (Å²) in [5.74, 6) is -1.88. The number of H-pyrrole nitrogens is 1. The molecule has 0 saturated carbocycles. The molecule has 0 bridgehead atoms. The van der Waals surface area contributed by atoms with Gasteiger partial charge in [0.15, 0.2) is 11.6 Å². The van der Waals surface area contributed by atoms with E-state index in [2.05, 4.69) is 15.2 Å². The molecule has 1 N–H and O–H groups in total. The number of hydrogen-bond donors (Lipinski definition) is 1. The van der Waals surface area contributed by atoms with Crippen LogP contribution in [0.3, 0.4) is 0 Å². The van der Waals surface area contributed by atoms with Gasteiger partial charge in [-0.25, -0.2) is 8.78 Å². The van der Waals surface area contributed by atoms with E-state index in [-0.39, 0.29) is 5.69 Å². The van der Waals surface area contributed by atoms with Crippen LogP contribution in [-0.2, 0) is 0 Å². The predicted octanol–water partition coefficient (Wildman–Crippen LogP) is 1.75. The van der Waals surface area contributed by atoms with E-state index in [0.717, 1.165) is 6.07 Å². The zero-order chi connectivity index (χ0) is 9.26. The topological polar surface area (TPSA) is 41.6 Å². The standard InChI is InChI=1S/C8H5F2N3/c9-5-1-3-11-8(7(5)10)6-2-4-12-13-6/h1-4H,(H,12,13). The molecule has 0 aliphatic carbocycles. The zero-order valence-corrected chi connectivity index (χ0v) is 6.46. The molecule has 3 nitrogen and oxygen atoms in total. The van der Waals surface area contributed by atoms with Gasteiger partial charge >= 0.3 is 0 Å². The van der Waals surface area contributed by atoms with Crippen molar-refractivity contribution in [1.29, 1.82) is 0 Å². The number of halogens is 2. The van der Waals surface area contributed by atoms with Crippen molar-refractivity contribution in [1.82, 2.24) is 15.2 Å². The fourth-order valence-corrected chi connectivity index (χ4v) is 0.996. The van der Waals surface area contributed by atoms with Crippen LogP contribution in [0.1, 0.15) is 0 Å². The summed E-state index contributed by atoms with van der Waals surface area (Å²) in [4.78, 5) is 3.70. The van der Waals surface area contributed by atoms with Crippen molar-refractivity contribution in [3.8, 4) is 11.4 Å². The number of aromatic amines is 1. The lowest BCUT2D eigenvalue weighted by Gasteiger charge is -1.98. The molecule has 0 atom stereocenters. The molecule has 0 aliphatic heterocycles. The molecule has 2 aromatic rings. The van der Waals surface area contributed by atoms with Crippen LogP contribution in [0.25, 0.3) is 11.4 Å². The smallest absolute Gasteiger partial charge is 0.186 e. The Morgan fingerprint density at radius 1 is 1.15 bits per heavy atom. The molecule has 0 saturated heterocycles. The third-order valence-corrected chi connectivity index (χ3v) is 1.60. The summed E-state index contributed by atoms with van der Waals surface area (Å²) in [5.41, 5.74) is 0.300. The summed E-state index contributed by atoms with van der Waals surface area (Å²) in [5, 5.41) is 6.12. The average Bonchev–Trinajstić information content (AvgIpc) is 2.62. The summed E-state index contributed by atoms with van der Waals surface area (Å²) >= 11 is 0. The molecule has 0 radical (unpaired) electrons. The van der Waals surface area contributed by atoms with Crippen LogP contribution in [0.2, 0.25) is 0 Å². The Bertz CT molecular complexity index is 411. The van der Waals surface area contributed by atoms with Gasteiger partial charge in [0, 0.05) is 12.4 Å². The molecule has 0 aromatic carbocycles. The maximum absolute atomic E-state index is 13.1. The Morgan fingerprint density at radius 3 is 2.69 bits per heavy atom. The van der Waals surface area contributed by atoms with Crippen molar-refractivity contribution in [3.05, 3.63) is 36.2 Å². The quantitative estimate of drug-likeness (QED) is 0.728. The van der Waals surface area contributed by atoms with Gasteiger partial charge in [-0.2, -0.15) is 5.10 Å². The Morgan fingerprint density at radius 2 is 2.00 bits per heavy atom.